The highest BCUT2D eigenvalue weighted by Crippen LogP contribution is 2.27. The van der Waals surface area contributed by atoms with Gasteiger partial charge < -0.3 is 56.8 Å². The molecule has 0 amide bonds. The van der Waals surface area contributed by atoms with Crippen molar-refractivity contribution in [3.8, 4) is 0 Å². The summed E-state index contributed by atoms with van der Waals surface area (Å²) in [5, 5.41) is 0. The van der Waals surface area contributed by atoms with Gasteiger partial charge in [-0.2, -0.15) is 0 Å². The Balaban J connectivity index is 0.000000333. The fourth-order valence-electron chi connectivity index (χ4n) is 4.77. The maximum absolute atomic E-state index is 5.55. The zero-order chi connectivity index (χ0) is 39.7. The summed E-state index contributed by atoms with van der Waals surface area (Å²) < 4.78 is 63.4. The van der Waals surface area contributed by atoms with Gasteiger partial charge in [-0.25, -0.2) is 0 Å². The van der Waals surface area contributed by atoms with Crippen LogP contribution in [0.1, 0.15) is 90.0 Å². The van der Waals surface area contributed by atoms with Crippen LogP contribution in [0, 0.1) is 11.3 Å². The molecule has 53 heavy (non-hydrogen) atoms. The zero-order valence-corrected chi connectivity index (χ0v) is 36.0. The van der Waals surface area contributed by atoms with Gasteiger partial charge in [-0.05, 0) is 83.1 Å². The minimum Gasteiger partial charge on any atom is -0.381 e. The van der Waals surface area contributed by atoms with Crippen LogP contribution >= 0.6 is 0 Å². The predicted octanol–water partition coefficient (Wildman–Crippen LogP) is 5.60. The van der Waals surface area contributed by atoms with Gasteiger partial charge >= 0.3 is 0 Å². The molecule has 0 aromatic rings. The molecule has 0 aliphatic carbocycles. The molecule has 5 fully saturated rings. The number of hydrogen-bond donors (Lipinski definition) is 0. The van der Waals surface area contributed by atoms with E-state index in [1.807, 2.05) is 41.5 Å². The van der Waals surface area contributed by atoms with Crippen molar-refractivity contribution in [2.45, 2.75) is 139 Å². The van der Waals surface area contributed by atoms with E-state index in [9.17, 15) is 0 Å². The van der Waals surface area contributed by atoms with Gasteiger partial charge in [0.15, 0.2) is 5.79 Å². The van der Waals surface area contributed by atoms with Gasteiger partial charge in [-0.3, -0.25) is 4.90 Å². The van der Waals surface area contributed by atoms with Crippen LogP contribution in [-0.4, -0.2) is 166 Å². The van der Waals surface area contributed by atoms with Crippen molar-refractivity contribution >= 4 is 0 Å². The lowest BCUT2D eigenvalue weighted by atomic mass is 9.90. The molecule has 0 aromatic carbocycles. The molecule has 0 bridgehead atoms. The number of hydrogen-bond acceptors (Lipinski definition) is 13. The van der Waals surface area contributed by atoms with Crippen molar-refractivity contribution in [1.82, 2.24) is 4.90 Å². The van der Waals surface area contributed by atoms with Crippen molar-refractivity contribution in [3.05, 3.63) is 0 Å². The molecule has 318 valence electrons. The fraction of sp³-hybridized carbons (Fsp3) is 1.00. The molecule has 0 radical (unpaired) electrons. The van der Waals surface area contributed by atoms with E-state index in [1.165, 1.54) is 0 Å². The van der Waals surface area contributed by atoms with Crippen LogP contribution in [-0.2, 0) is 56.8 Å². The highest BCUT2D eigenvalue weighted by Gasteiger charge is 2.34. The number of morpholine rings is 1. The maximum Gasteiger partial charge on any atom is 0.163 e. The third-order valence-electron chi connectivity index (χ3n) is 7.99. The molecule has 5 aliphatic heterocycles. The van der Waals surface area contributed by atoms with Gasteiger partial charge in [0.25, 0.3) is 0 Å². The van der Waals surface area contributed by atoms with E-state index >= 15 is 0 Å². The lowest BCUT2D eigenvalue weighted by Gasteiger charge is -2.38. The zero-order valence-electron chi connectivity index (χ0n) is 36.0. The normalized spacial score (nSPS) is 23.7. The van der Waals surface area contributed by atoms with Crippen LogP contribution in [0.25, 0.3) is 0 Å². The summed E-state index contributed by atoms with van der Waals surface area (Å²) in [6, 6.07) is 0. The number of rotatable bonds is 16. The number of nitrogens with zero attached hydrogens (tertiary/aromatic N) is 1. The second kappa shape index (κ2) is 28.8. The molecule has 2 atom stereocenters. The topological polar surface area (TPSA) is 114 Å². The van der Waals surface area contributed by atoms with Gasteiger partial charge in [-0.15, -0.1) is 0 Å². The molecule has 13 heteroatoms. The minimum absolute atomic E-state index is 0.0994. The summed E-state index contributed by atoms with van der Waals surface area (Å²) in [6.45, 7) is 40.4. The molecule has 5 aliphatic rings. The Morgan fingerprint density at radius 2 is 1.13 bits per heavy atom. The van der Waals surface area contributed by atoms with Gasteiger partial charge in [0, 0.05) is 31.0 Å². The molecular formula is C40H81NO12. The Morgan fingerprint density at radius 1 is 0.585 bits per heavy atom. The van der Waals surface area contributed by atoms with Crippen molar-refractivity contribution in [1.29, 1.82) is 0 Å². The van der Waals surface area contributed by atoms with Crippen LogP contribution in [0.15, 0.2) is 0 Å². The van der Waals surface area contributed by atoms with E-state index in [0.29, 0.717) is 62.9 Å². The van der Waals surface area contributed by atoms with Gasteiger partial charge in [0.2, 0.25) is 0 Å². The predicted molar refractivity (Wildman–Crippen MR) is 207 cm³/mol. The van der Waals surface area contributed by atoms with Crippen LogP contribution in [0.4, 0.5) is 0 Å². The Labute approximate surface area is 323 Å². The first-order valence-electron chi connectivity index (χ1n) is 20.0. The first-order valence-corrected chi connectivity index (χ1v) is 20.0. The third-order valence-corrected chi connectivity index (χ3v) is 7.99. The summed E-state index contributed by atoms with van der Waals surface area (Å²) in [5.74, 6) is 0.248. The van der Waals surface area contributed by atoms with Crippen LogP contribution in [0.5, 0.6) is 0 Å². The molecule has 0 N–H and O–H groups in total. The molecule has 5 heterocycles. The average molecular weight is 768 g/mol. The van der Waals surface area contributed by atoms with Crippen LogP contribution < -0.4 is 0 Å². The lowest BCUT2D eigenvalue weighted by Crippen LogP contribution is -2.44. The monoisotopic (exact) mass is 768 g/mol. The summed E-state index contributed by atoms with van der Waals surface area (Å²) in [4.78, 5) is 2.38. The van der Waals surface area contributed by atoms with E-state index in [0.717, 1.165) is 79.1 Å². The Bertz CT molecular complexity index is 840. The average Bonchev–Trinajstić information content (AvgIpc) is 3.70. The van der Waals surface area contributed by atoms with Gasteiger partial charge in [-0.1, -0.05) is 6.92 Å². The Hall–Kier alpha value is -0.520. The van der Waals surface area contributed by atoms with Crippen molar-refractivity contribution in [3.63, 3.8) is 0 Å². The van der Waals surface area contributed by atoms with E-state index < -0.39 is 5.79 Å². The van der Waals surface area contributed by atoms with Crippen LogP contribution in [0.3, 0.4) is 0 Å². The van der Waals surface area contributed by atoms with E-state index in [2.05, 4.69) is 53.4 Å². The molecule has 13 nitrogen and oxygen atoms in total. The summed E-state index contributed by atoms with van der Waals surface area (Å²) in [6.07, 6.45) is 1.86. The molecule has 5 rings (SSSR count). The summed E-state index contributed by atoms with van der Waals surface area (Å²) >= 11 is 0. The molecule has 0 spiro atoms. The van der Waals surface area contributed by atoms with Crippen molar-refractivity contribution < 1.29 is 56.8 Å². The highest BCUT2D eigenvalue weighted by molar-refractivity contribution is 4.80. The standard InChI is InChI=1S/C9H19NO2.C9H18O3.C8H16O2.C7H14O3.C7H14O2/c1-9(2)12-8-5-10-3-6-11-7-4-10;1-7(2)10-5-8-6-11-9(3,4)12-8;1-7(2)10-6-8(3)4-9-5-8;1-6(2)9-4-7-3-8-5-10-7;1-6(2)9-5-7-3-8-4-7/h9H,3-8H2,1-2H3;7-8H,5-6H2,1-4H3;7H,4-6H2,1-3H3;6-7H,3-5H2,1-2H3;6-7H,3-5H2,1-2H3. The second-order valence-electron chi connectivity index (χ2n) is 16.3. The molecule has 0 saturated carbocycles. The first-order chi connectivity index (χ1) is 25.0. The summed E-state index contributed by atoms with van der Waals surface area (Å²) in [5.41, 5.74) is 0.310. The minimum atomic E-state index is -0.426. The smallest absolute Gasteiger partial charge is 0.163 e. The number of ether oxygens (including phenoxy) is 12. The molecule has 5 saturated heterocycles. The largest absolute Gasteiger partial charge is 0.381 e. The van der Waals surface area contributed by atoms with Gasteiger partial charge in [0.05, 0.1) is 116 Å². The van der Waals surface area contributed by atoms with E-state index in [4.69, 9.17) is 56.8 Å². The lowest BCUT2D eigenvalue weighted by molar-refractivity contribution is -0.146. The third kappa shape index (κ3) is 28.5. The molecule has 2 unspecified atom stereocenters. The van der Waals surface area contributed by atoms with Crippen molar-refractivity contribution in [2.75, 3.05) is 112 Å². The highest BCUT2D eigenvalue weighted by atomic mass is 16.7. The van der Waals surface area contributed by atoms with E-state index in [-0.39, 0.29) is 24.4 Å². The quantitative estimate of drug-likeness (QED) is 0.195. The van der Waals surface area contributed by atoms with Gasteiger partial charge in [0.1, 0.15) is 19.0 Å². The molecule has 0 aromatic heterocycles. The van der Waals surface area contributed by atoms with Crippen molar-refractivity contribution in [2.24, 2.45) is 11.3 Å². The Kier molecular flexibility index (Phi) is 27.4. The maximum atomic E-state index is 5.55. The fourth-order valence-corrected chi connectivity index (χ4v) is 4.77. The van der Waals surface area contributed by atoms with Crippen LogP contribution in [0.2, 0.25) is 0 Å². The first kappa shape index (κ1) is 50.5. The Morgan fingerprint density at radius 3 is 1.55 bits per heavy atom. The van der Waals surface area contributed by atoms with E-state index in [1.54, 1.807) is 0 Å². The summed E-state index contributed by atoms with van der Waals surface area (Å²) in [7, 11) is 0. The SMILES string of the molecule is CC(C)OCC1(C)COC1.CC(C)OCC1COC(C)(C)O1.CC(C)OCC1COC1.CC(C)OCC1COCO1.CC(C)OCCN1CCOCC1. The molecular weight excluding hydrogens is 686 g/mol. The second-order valence-corrected chi connectivity index (χ2v) is 16.3.